The van der Waals surface area contributed by atoms with Gasteiger partial charge in [-0.1, -0.05) is 36.4 Å². The quantitative estimate of drug-likeness (QED) is 0.196. The first kappa shape index (κ1) is 30.6. The maximum Gasteiger partial charge on any atom is 0.113 e. The molecule has 0 aliphatic carbocycles. The Morgan fingerprint density at radius 2 is 1.02 bits per heavy atom. The number of aryl methyl sites for hydroxylation is 2. The molecule has 10 atom stereocenters. The number of pyridine rings is 1. The summed E-state index contributed by atoms with van der Waals surface area (Å²) in [4.78, 5) is 4.62. The second kappa shape index (κ2) is 12.4. The van der Waals surface area contributed by atoms with Crippen LogP contribution in [0.4, 0.5) is 0 Å². The number of aliphatic hydroxyl groups is 8. The van der Waals surface area contributed by atoms with Gasteiger partial charge in [0.15, 0.2) is 0 Å². The maximum atomic E-state index is 10.5. The number of hydrogen-bond donors (Lipinski definition) is 8. The molecule has 11 heteroatoms. The molecule has 0 bridgehead atoms. The van der Waals surface area contributed by atoms with Gasteiger partial charge in [-0.25, -0.2) is 0 Å². The number of nitrogens with zero attached hydrogens (tertiary/aromatic N) is 1. The van der Waals surface area contributed by atoms with Gasteiger partial charge in [0.25, 0.3) is 0 Å². The lowest BCUT2D eigenvalue weighted by Crippen LogP contribution is -2.55. The topological polar surface area (TPSA) is 193 Å². The van der Waals surface area contributed by atoms with Crippen molar-refractivity contribution < 1.29 is 50.3 Å². The minimum absolute atomic E-state index is 0.493. The molecular weight excluding hydrogens is 546 g/mol. The van der Waals surface area contributed by atoms with Gasteiger partial charge in [0.2, 0.25) is 0 Å². The van der Waals surface area contributed by atoms with E-state index in [0.29, 0.717) is 16.8 Å². The van der Waals surface area contributed by atoms with E-state index in [1.807, 2.05) is 50.2 Å². The summed E-state index contributed by atoms with van der Waals surface area (Å²) in [6, 6.07) is 14.8. The molecule has 42 heavy (non-hydrogen) atoms. The average Bonchev–Trinajstić information content (AvgIpc) is 3.00. The van der Waals surface area contributed by atoms with E-state index in [1.54, 1.807) is 18.3 Å². The fraction of sp³-hybridized carbons (Fsp3) is 0.452. The van der Waals surface area contributed by atoms with E-state index in [-0.39, 0.29) is 0 Å². The summed E-state index contributed by atoms with van der Waals surface area (Å²) in [5.41, 5.74) is 6.07. The molecule has 0 spiro atoms. The lowest BCUT2D eigenvalue weighted by Gasteiger charge is -2.40. The van der Waals surface area contributed by atoms with Crippen molar-refractivity contribution in [3.63, 3.8) is 0 Å². The fourth-order valence-corrected chi connectivity index (χ4v) is 5.78. The Morgan fingerprint density at radius 1 is 0.571 bits per heavy atom. The number of hydrogen-bond acceptors (Lipinski definition) is 11. The third kappa shape index (κ3) is 5.61. The minimum Gasteiger partial charge on any atom is -0.394 e. The third-order valence-corrected chi connectivity index (χ3v) is 8.33. The Labute approximate surface area is 242 Å². The second-order valence-corrected chi connectivity index (χ2v) is 11.1. The Hall–Kier alpha value is -2.81. The standard InChI is InChI=1S/C31H37NO10/c1-14-9-16(3-6-19(14)30-28(39)26(37)24(35)22(12-33)41-30)18-5-8-21(32-11-18)17-4-7-20(15(2)10-17)31-29(40)27(38)25(36)23(13-34)42-31/h3-11,22-31,33-40H,12-13H2,1-2H3/t22?,23?,24-,25-,26?,27?,28?,29?,30-,31-/m1/s1. The molecule has 3 aromatic rings. The highest BCUT2D eigenvalue weighted by molar-refractivity contribution is 5.68. The Kier molecular flexibility index (Phi) is 9.07. The summed E-state index contributed by atoms with van der Waals surface area (Å²) in [6.07, 6.45) is -10.5. The molecule has 11 nitrogen and oxygen atoms in total. The zero-order valence-corrected chi connectivity index (χ0v) is 23.2. The maximum absolute atomic E-state index is 10.5. The molecule has 2 saturated heterocycles. The molecule has 8 N–H and O–H groups in total. The lowest BCUT2D eigenvalue weighted by atomic mass is 9.88. The lowest BCUT2D eigenvalue weighted by molar-refractivity contribution is -0.231. The van der Waals surface area contributed by atoms with Crippen molar-refractivity contribution >= 4 is 0 Å². The predicted molar refractivity (Wildman–Crippen MR) is 150 cm³/mol. The van der Waals surface area contributed by atoms with Gasteiger partial charge in [-0.2, -0.15) is 0 Å². The van der Waals surface area contributed by atoms with Crippen LogP contribution in [0, 0.1) is 13.8 Å². The monoisotopic (exact) mass is 583 g/mol. The van der Waals surface area contributed by atoms with E-state index in [0.717, 1.165) is 27.8 Å². The van der Waals surface area contributed by atoms with Crippen molar-refractivity contribution in [1.29, 1.82) is 0 Å². The summed E-state index contributed by atoms with van der Waals surface area (Å²) in [5.74, 6) is 0. The number of aromatic nitrogens is 1. The number of aliphatic hydroxyl groups excluding tert-OH is 8. The van der Waals surface area contributed by atoms with Gasteiger partial charge in [-0.3, -0.25) is 4.98 Å². The summed E-state index contributed by atoms with van der Waals surface area (Å²) >= 11 is 0. The molecule has 2 aromatic carbocycles. The van der Waals surface area contributed by atoms with Crippen molar-refractivity contribution in [2.75, 3.05) is 13.2 Å². The Balaban J connectivity index is 1.34. The Morgan fingerprint density at radius 3 is 1.45 bits per heavy atom. The molecule has 5 rings (SSSR count). The SMILES string of the molecule is Cc1cc(-c2ccc(-c3ccc([C@H]4OC(CO)[C@@H](O)C(O)C4O)c(C)c3)nc2)ccc1[C@H]1OC(CO)[C@@H](O)C(O)C1O. The van der Waals surface area contributed by atoms with Crippen molar-refractivity contribution in [2.24, 2.45) is 0 Å². The van der Waals surface area contributed by atoms with Crippen LogP contribution in [0.25, 0.3) is 22.4 Å². The summed E-state index contributed by atoms with van der Waals surface area (Å²) in [7, 11) is 0. The van der Waals surface area contributed by atoms with E-state index in [4.69, 9.17) is 9.47 Å². The van der Waals surface area contributed by atoms with E-state index >= 15 is 0 Å². The molecule has 1 aromatic heterocycles. The van der Waals surface area contributed by atoms with Crippen LogP contribution in [-0.2, 0) is 9.47 Å². The predicted octanol–water partition coefficient (Wildman–Crippen LogP) is 0.0622. The van der Waals surface area contributed by atoms with Gasteiger partial charge in [0, 0.05) is 17.3 Å². The molecule has 226 valence electrons. The van der Waals surface area contributed by atoms with Crippen molar-refractivity contribution in [3.8, 4) is 22.4 Å². The van der Waals surface area contributed by atoms with Crippen LogP contribution in [0.3, 0.4) is 0 Å². The average molecular weight is 584 g/mol. The number of rotatable bonds is 6. The number of benzene rings is 2. The van der Waals surface area contributed by atoms with Gasteiger partial charge in [-0.15, -0.1) is 0 Å². The smallest absolute Gasteiger partial charge is 0.113 e. The third-order valence-electron chi connectivity index (χ3n) is 8.33. The second-order valence-electron chi connectivity index (χ2n) is 11.1. The molecule has 2 aliphatic rings. The molecule has 0 amide bonds. The van der Waals surface area contributed by atoms with E-state index in [2.05, 4.69) is 4.98 Å². The van der Waals surface area contributed by atoms with Gasteiger partial charge in [0.1, 0.15) is 61.0 Å². The highest BCUT2D eigenvalue weighted by Gasteiger charge is 2.45. The van der Waals surface area contributed by atoms with Crippen LogP contribution >= 0.6 is 0 Å². The molecule has 0 saturated carbocycles. The van der Waals surface area contributed by atoms with Gasteiger partial charge < -0.3 is 50.3 Å². The number of ether oxygens (including phenoxy) is 2. The van der Waals surface area contributed by atoms with Crippen LogP contribution in [0.2, 0.25) is 0 Å². The van der Waals surface area contributed by atoms with Crippen LogP contribution in [0.15, 0.2) is 54.7 Å². The highest BCUT2D eigenvalue weighted by atomic mass is 16.6. The molecule has 3 heterocycles. The largest absolute Gasteiger partial charge is 0.394 e. The summed E-state index contributed by atoms with van der Waals surface area (Å²) in [6.45, 7) is 2.70. The van der Waals surface area contributed by atoms with Crippen LogP contribution < -0.4 is 0 Å². The van der Waals surface area contributed by atoms with Crippen LogP contribution in [0.5, 0.6) is 0 Å². The van der Waals surface area contributed by atoms with Crippen molar-refractivity contribution in [3.05, 3.63) is 77.0 Å². The molecule has 2 aliphatic heterocycles. The summed E-state index contributed by atoms with van der Waals surface area (Å²) in [5, 5.41) is 80.6. The van der Waals surface area contributed by atoms with E-state index in [1.165, 1.54) is 0 Å². The first-order valence-corrected chi connectivity index (χ1v) is 13.8. The van der Waals surface area contributed by atoms with Crippen molar-refractivity contribution in [1.82, 2.24) is 4.98 Å². The summed E-state index contributed by atoms with van der Waals surface area (Å²) < 4.78 is 11.4. The Bertz CT molecular complexity index is 1280. The van der Waals surface area contributed by atoms with Crippen molar-refractivity contribution in [2.45, 2.75) is 74.9 Å². The molecule has 2 fully saturated rings. The molecule has 6 unspecified atom stereocenters. The van der Waals surface area contributed by atoms with Gasteiger partial charge in [0.05, 0.1) is 18.9 Å². The zero-order valence-electron chi connectivity index (χ0n) is 23.2. The molecule has 0 radical (unpaired) electrons. The van der Waals surface area contributed by atoms with Crippen LogP contribution in [0.1, 0.15) is 34.5 Å². The van der Waals surface area contributed by atoms with Crippen LogP contribution in [-0.4, -0.2) is 108 Å². The van der Waals surface area contributed by atoms with E-state index in [9.17, 15) is 40.9 Å². The minimum atomic E-state index is -1.45. The highest BCUT2D eigenvalue weighted by Crippen LogP contribution is 2.37. The fourth-order valence-electron chi connectivity index (χ4n) is 5.78. The van der Waals surface area contributed by atoms with E-state index < -0.39 is 74.3 Å². The first-order chi connectivity index (χ1) is 20.0. The first-order valence-electron chi connectivity index (χ1n) is 13.8. The zero-order chi connectivity index (χ0) is 30.3. The normalized spacial score (nSPS) is 33.5. The van der Waals surface area contributed by atoms with Gasteiger partial charge >= 0.3 is 0 Å². The molecular formula is C31H37NO10. The van der Waals surface area contributed by atoms with Gasteiger partial charge in [-0.05, 0) is 53.8 Å².